The van der Waals surface area contributed by atoms with E-state index in [4.69, 9.17) is 4.74 Å². The van der Waals surface area contributed by atoms with Crippen LogP contribution in [0.3, 0.4) is 0 Å². The van der Waals surface area contributed by atoms with Crippen molar-refractivity contribution in [1.29, 1.82) is 0 Å². The van der Waals surface area contributed by atoms with E-state index in [9.17, 15) is 14.4 Å². The standard InChI is InChI=1S/C25H26N4O4/c1-3-4-12-28-21-8-6-5-7-19(21)27-20(25(28)32)9-10-24(31)33-16-18-15-23(30)29-13-11-17(2)14-22(29)26-18/h5-8,11,13-15H,3-4,9-10,12,16H2,1-2H3. The number of aromatic nitrogens is 4. The second-order valence-corrected chi connectivity index (χ2v) is 8.04. The lowest BCUT2D eigenvalue weighted by Crippen LogP contribution is -2.26. The van der Waals surface area contributed by atoms with Crippen molar-refractivity contribution in [2.45, 2.75) is 52.7 Å². The minimum atomic E-state index is -0.476. The van der Waals surface area contributed by atoms with E-state index >= 15 is 0 Å². The highest BCUT2D eigenvalue weighted by molar-refractivity contribution is 5.75. The highest BCUT2D eigenvalue weighted by Crippen LogP contribution is 2.12. The number of hydrogen-bond donors (Lipinski definition) is 0. The SMILES string of the molecule is CCCCn1c(=O)c(CCC(=O)OCc2cc(=O)n3ccc(C)cc3n2)nc2ccccc21. The Hall–Kier alpha value is -3.81. The average molecular weight is 447 g/mol. The summed E-state index contributed by atoms with van der Waals surface area (Å²) in [4.78, 5) is 46.5. The number of pyridine rings is 1. The second-order valence-electron chi connectivity index (χ2n) is 8.04. The Morgan fingerprint density at radius 2 is 1.91 bits per heavy atom. The van der Waals surface area contributed by atoms with Gasteiger partial charge in [0.15, 0.2) is 0 Å². The Morgan fingerprint density at radius 3 is 2.73 bits per heavy atom. The van der Waals surface area contributed by atoms with E-state index in [1.165, 1.54) is 10.5 Å². The molecule has 0 radical (unpaired) electrons. The topological polar surface area (TPSA) is 95.6 Å². The van der Waals surface area contributed by atoms with Crippen molar-refractivity contribution in [3.05, 3.63) is 86.3 Å². The summed E-state index contributed by atoms with van der Waals surface area (Å²) in [6.07, 6.45) is 3.71. The molecule has 170 valence electrons. The molecule has 8 nitrogen and oxygen atoms in total. The zero-order chi connectivity index (χ0) is 23.4. The Balaban J connectivity index is 1.46. The molecule has 0 saturated carbocycles. The molecule has 3 aromatic heterocycles. The van der Waals surface area contributed by atoms with Gasteiger partial charge in [0.25, 0.3) is 11.1 Å². The third-order valence-electron chi connectivity index (χ3n) is 5.48. The molecular weight excluding hydrogens is 420 g/mol. The quantitative estimate of drug-likeness (QED) is 0.386. The number of benzene rings is 1. The molecule has 0 atom stereocenters. The largest absolute Gasteiger partial charge is 0.459 e. The number of aryl methyl sites for hydroxylation is 3. The number of carbonyl (C=O) groups is 1. The van der Waals surface area contributed by atoms with Crippen LogP contribution in [0.1, 0.15) is 43.1 Å². The molecule has 8 heteroatoms. The number of unbranched alkanes of at least 4 members (excludes halogenated alkanes) is 1. The molecule has 4 rings (SSSR count). The fourth-order valence-corrected chi connectivity index (χ4v) is 3.72. The van der Waals surface area contributed by atoms with Gasteiger partial charge in [0.05, 0.1) is 23.1 Å². The average Bonchev–Trinajstić information content (AvgIpc) is 2.80. The molecule has 0 N–H and O–H groups in total. The Bertz CT molecular complexity index is 1440. The summed E-state index contributed by atoms with van der Waals surface area (Å²) in [5, 5.41) is 0. The molecule has 0 fully saturated rings. The number of esters is 1. The highest BCUT2D eigenvalue weighted by Gasteiger charge is 2.13. The molecule has 3 heterocycles. The lowest BCUT2D eigenvalue weighted by atomic mass is 10.2. The van der Waals surface area contributed by atoms with Gasteiger partial charge in [0, 0.05) is 25.2 Å². The Labute approximate surface area is 190 Å². The van der Waals surface area contributed by atoms with Crippen LogP contribution in [-0.2, 0) is 29.1 Å². The minimum Gasteiger partial charge on any atom is -0.459 e. The van der Waals surface area contributed by atoms with Crippen LogP contribution >= 0.6 is 0 Å². The maximum Gasteiger partial charge on any atom is 0.306 e. The van der Waals surface area contributed by atoms with E-state index in [-0.39, 0.29) is 30.6 Å². The van der Waals surface area contributed by atoms with Crippen molar-refractivity contribution < 1.29 is 9.53 Å². The molecule has 0 aliphatic rings. The van der Waals surface area contributed by atoms with Gasteiger partial charge >= 0.3 is 5.97 Å². The number of nitrogens with zero attached hydrogens (tertiary/aromatic N) is 4. The lowest BCUT2D eigenvalue weighted by Gasteiger charge is -2.12. The van der Waals surface area contributed by atoms with E-state index in [1.807, 2.05) is 37.3 Å². The number of carbonyl (C=O) groups excluding carboxylic acids is 1. The summed E-state index contributed by atoms with van der Waals surface area (Å²) in [5.74, 6) is -0.476. The van der Waals surface area contributed by atoms with Crippen LogP contribution in [0.5, 0.6) is 0 Å². The van der Waals surface area contributed by atoms with Crippen LogP contribution in [0.4, 0.5) is 0 Å². The summed E-state index contributed by atoms with van der Waals surface area (Å²) in [6, 6.07) is 12.5. The Kier molecular flexibility index (Phi) is 6.63. The van der Waals surface area contributed by atoms with Crippen molar-refractivity contribution in [3.63, 3.8) is 0 Å². The molecule has 0 aliphatic heterocycles. The van der Waals surface area contributed by atoms with E-state index < -0.39 is 5.97 Å². The summed E-state index contributed by atoms with van der Waals surface area (Å²) < 4.78 is 8.50. The summed E-state index contributed by atoms with van der Waals surface area (Å²) in [6.45, 7) is 4.49. The number of fused-ring (bicyclic) bond motifs is 2. The van der Waals surface area contributed by atoms with Gasteiger partial charge in [-0.15, -0.1) is 0 Å². The van der Waals surface area contributed by atoms with Crippen LogP contribution in [-0.4, -0.2) is 24.9 Å². The van der Waals surface area contributed by atoms with Gasteiger partial charge in [0.2, 0.25) is 0 Å². The fourth-order valence-electron chi connectivity index (χ4n) is 3.72. The Morgan fingerprint density at radius 1 is 1.09 bits per heavy atom. The molecule has 33 heavy (non-hydrogen) atoms. The molecule has 1 aromatic carbocycles. The molecular formula is C25H26N4O4. The van der Waals surface area contributed by atoms with Gasteiger partial charge in [-0.1, -0.05) is 25.5 Å². The van der Waals surface area contributed by atoms with Crippen LogP contribution in [0, 0.1) is 6.92 Å². The first-order valence-electron chi connectivity index (χ1n) is 11.1. The molecule has 0 spiro atoms. The number of ether oxygens (including phenoxy) is 1. The summed E-state index contributed by atoms with van der Waals surface area (Å²) >= 11 is 0. The lowest BCUT2D eigenvalue weighted by molar-refractivity contribution is -0.145. The van der Waals surface area contributed by atoms with Crippen molar-refractivity contribution in [3.8, 4) is 0 Å². The molecule has 0 saturated heterocycles. The van der Waals surface area contributed by atoms with Gasteiger partial charge in [-0.3, -0.25) is 18.8 Å². The van der Waals surface area contributed by atoms with Gasteiger partial charge in [-0.05, 0) is 43.2 Å². The van der Waals surface area contributed by atoms with E-state index in [0.717, 1.165) is 29.4 Å². The van der Waals surface area contributed by atoms with E-state index in [1.54, 1.807) is 16.8 Å². The third kappa shape index (κ3) is 5.00. The predicted molar refractivity (Wildman–Crippen MR) is 125 cm³/mol. The summed E-state index contributed by atoms with van der Waals surface area (Å²) in [7, 11) is 0. The monoisotopic (exact) mass is 446 g/mol. The van der Waals surface area contributed by atoms with Crippen molar-refractivity contribution in [2.75, 3.05) is 0 Å². The normalized spacial score (nSPS) is 11.2. The van der Waals surface area contributed by atoms with Crippen molar-refractivity contribution in [2.24, 2.45) is 0 Å². The van der Waals surface area contributed by atoms with E-state index in [0.29, 0.717) is 23.6 Å². The first-order valence-corrected chi connectivity index (χ1v) is 11.1. The van der Waals surface area contributed by atoms with Crippen LogP contribution < -0.4 is 11.1 Å². The minimum absolute atomic E-state index is 0.0139. The third-order valence-corrected chi connectivity index (χ3v) is 5.48. The highest BCUT2D eigenvalue weighted by atomic mass is 16.5. The van der Waals surface area contributed by atoms with Crippen LogP contribution in [0.15, 0.2) is 58.3 Å². The molecule has 4 aromatic rings. The van der Waals surface area contributed by atoms with Gasteiger partial charge in [0.1, 0.15) is 17.9 Å². The predicted octanol–water partition coefficient (Wildman–Crippen LogP) is 3.19. The molecule has 0 bridgehead atoms. The molecule has 0 amide bonds. The van der Waals surface area contributed by atoms with E-state index in [2.05, 4.69) is 16.9 Å². The maximum absolute atomic E-state index is 13.0. The first kappa shape index (κ1) is 22.4. The first-order chi connectivity index (χ1) is 16.0. The molecule has 0 aliphatic carbocycles. The second kappa shape index (κ2) is 9.77. The van der Waals surface area contributed by atoms with Crippen LogP contribution in [0.2, 0.25) is 0 Å². The van der Waals surface area contributed by atoms with Gasteiger partial charge < -0.3 is 9.30 Å². The van der Waals surface area contributed by atoms with Gasteiger partial charge in [-0.25, -0.2) is 9.97 Å². The van der Waals surface area contributed by atoms with Gasteiger partial charge in [-0.2, -0.15) is 0 Å². The number of para-hydroxylation sites is 2. The maximum atomic E-state index is 13.0. The fraction of sp³-hybridized carbons (Fsp3) is 0.320. The number of rotatable bonds is 8. The summed E-state index contributed by atoms with van der Waals surface area (Å²) in [5.41, 5.74) is 3.32. The smallest absolute Gasteiger partial charge is 0.306 e. The zero-order valence-electron chi connectivity index (χ0n) is 18.8. The molecule has 0 unspecified atom stereocenters. The van der Waals surface area contributed by atoms with Crippen LogP contribution in [0.25, 0.3) is 16.7 Å². The zero-order valence-corrected chi connectivity index (χ0v) is 18.8. The van der Waals surface area contributed by atoms with Crippen molar-refractivity contribution >= 4 is 22.6 Å². The van der Waals surface area contributed by atoms with Crippen molar-refractivity contribution in [1.82, 2.24) is 18.9 Å². The number of hydrogen-bond acceptors (Lipinski definition) is 6.